The molecule has 1 aromatic heterocycles. The number of amides is 1. The summed E-state index contributed by atoms with van der Waals surface area (Å²) in [6.45, 7) is 9.51. The fraction of sp³-hybridized carbons (Fsp3) is 0.769. The molecule has 7 nitrogen and oxygen atoms in total. The van der Waals surface area contributed by atoms with E-state index in [1.54, 1.807) is 11.8 Å². The minimum Gasteiger partial charge on any atom is -0.444 e. The molecule has 0 saturated carbocycles. The van der Waals surface area contributed by atoms with Crippen LogP contribution in [-0.4, -0.2) is 52.4 Å². The van der Waals surface area contributed by atoms with E-state index in [2.05, 4.69) is 15.5 Å². The predicted molar refractivity (Wildman–Crippen MR) is 72.3 cm³/mol. The summed E-state index contributed by atoms with van der Waals surface area (Å²) >= 11 is 0. The molecule has 1 aliphatic rings. The van der Waals surface area contributed by atoms with Gasteiger partial charge in [0, 0.05) is 39.0 Å². The highest BCUT2D eigenvalue weighted by Crippen LogP contribution is 2.15. The maximum Gasteiger partial charge on any atom is 0.410 e. The minimum absolute atomic E-state index is 0.246. The Morgan fingerprint density at radius 3 is 2.75 bits per heavy atom. The molecule has 1 aromatic rings. The lowest BCUT2D eigenvalue weighted by Crippen LogP contribution is -2.60. The SMILES string of the molecule is Cc1nc(CCNC2CN(C(=O)OC(C)(C)C)C2)no1. The molecule has 2 rings (SSSR count). The normalized spacial score (nSPS) is 16.1. The number of hydrogen-bond acceptors (Lipinski definition) is 6. The standard InChI is InChI=1S/C13H22N4O3/c1-9-15-11(16-20-9)5-6-14-10-7-17(8-10)12(18)19-13(2,3)4/h10,14H,5-8H2,1-4H3. The van der Waals surface area contributed by atoms with Gasteiger partial charge in [-0.1, -0.05) is 5.16 Å². The lowest BCUT2D eigenvalue weighted by molar-refractivity contribution is 0.00540. The van der Waals surface area contributed by atoms with E-state index in [1.165, 1.54) is 0 Å². The third-order valence-corrected chi connectivity index (χ3v) is 2.88. The summed E-state index contributed by atoms with van der Waals surface area (Å²) in [6.07, 6.45) is 0.477. The molecule has 0 spiro atoms. The first kappa shape index (κ1) is 14.8. The molecule has 2 heterocycles. The van der Waals surface area contributed by atoms with Crippen LogP contribution in [-0.2, 0) is 11.2 Å². The zero-order valence-corrected chi connectivity index (χ0v) is 12.5. The lowest BCUT2D eigenvalue weighted by Gasteiger charge is -2.40. The van der Waals surface area contributed by atoms with Crippen molar-refractivity contribution in [3.05, 3.63) is 11.7 Å². The van der Waals surface area contributed by atoms with E-state index in [0.29, 0.717) is 30.8 Å². The van der Waals surface area contributed by atoms with E-state index < -0.39 is 5.60 Å². The van der Waals surface area contributed by atoms with Crippen LogP contribution in [0.3, 0.4) is 0 Å². The molecule has 20 heavy (non-hydrogen) atoms. The van der Waals surface area contributed by atoms with Gasteiger partial charge in [0.05, 0.1) is 0 Å². The van der Waals surface area contributed by atoms with Crippen molar-refractivity contribution < 1.29 is 14.1 Å². The highest BCUT2D eigenvalue weighted by molar-refractivity contribution is 5.69. The number of ether oxygens (including phenoxy) is 1. The van der Waals surface area contributed by atoms with Crippen LogP contribution in [0.5, 0.6) is 0 Å². The monoisotopic (exact) mass is 282 g/mol. The molecule has 7 heteroatoms. The van der Waals surface area contributed by atoms with Gasteiger partial charge in [-0.3, -0.25) is 0 Å². The first-order chi connectivity index (χ1) is 9.33. The van der Waals surface area contributed by atoms with Crippen LogP contribution in [0.1, 0.15) is 32.5 Å². The second kappa shape index (κ2) is 5.78. The summed E-state index contributed by atoms with van der Waals surface area (Å²) in [7, 11) is 0. The van der Waals surface area contributed by atoms with Crippen LogP contribution in [0.25, 0.3) is 0 Å². The van der Waals surface area contributed by atoms with Gasteiger partial charge in [0.15, 0.2) is 5.82 Å². The van der Waals surface area contributed by atoms with Gasteiger partial charge in [-0.05, 0) is 20.8 Å². The van der Waals surface area contributed by atoms with Gasteiger partial charge >= 0.3 is 6.09 Å². The van der Waals surface area contributed by atoms with E-state index in [9.17, 15) is 4.79 Å². The number of nitrogens with one attached hydrogen (secondary N) is 1. The number of aromatic nitrogens is 2. The molecule has 1 saturated heterocycles. The van der Waals surface area contributed by atoms with Crippen molar-refractivity contribution in [3.8, 4) is 0 Å². The Bertz CT molecular complexity index is 460. The third-order valence-electron chi connectivity index (χ3n) is 2.88. The largest absolute Gasteiger partial charge is 0.444 e. The van der Waals surface area contributed by atoms with Crippen LogP contribution in [0.4, 0.5) is 4.79 Å². The van der Waals surface area contributed by atoms with Crippen molar-refractivity contribution in [2.45, 2.75) is 45.8 Å². The van der Waals surface area contributed by atoms with Gasteiger partial charge in [0.1, 0.15) is 5.60 Å². The Labute approximate surface area is 118 Å². The molecule has 1 fully saturated rings. The van der Waals surface area contributed by atoms with Crippen LogP contribution >= 0.6 is 0 Å². The average Bonchev–Trinajstić information content (AvgIpc) is 2.64. The topological polar surface area (TPSA) is 80.5 Å². The second-order valence-corrected chi connectivity index (χ2v) is 6.02. The van der Waals surface area contributed by atoms with Crippen molar-refractivity contribution in [2.75, 3.05) is 19.6 Å². The van der Waals surface area contributed by atoms with Crippen molar-refractivity contribution in [2.24, 2.45) is 0 Å². The number of carbonyl (C=O) groups is 1. The molecule has 0 bridgehead atoms. The molecule has 1 amide bonds. The van der Waals surface area contributed by atoms with Crippen molar-refractivity contribution in [1.82, 2.24) is 20.4 Å². The number of carbonyl (C=O) groups excluding carboxylic acids is 1. The zero-order valence-electron chi connectivity index (χ0n) is 12.5. The number of nitrogens with zero attached hydrogens (tertiary/aromatic N) is 3. The molecule has 0 atom stereocenters. The highest BCUT2D eigenvalue weighted by Gasteiger charge is 2.33. The molecule has 0 radical (unpaired) electrons. The molecule has 1 aliphatic heterocycles. The van der Waals surface area contributed by atoms with Crippen LogP contribution in [0.15, 0.2) is 4.52 Å². The molecule has 112 valence electrons. The smallest absolute Gasteiger partial charge is 0.410 e. The molecule has 0 aromatic carbocycles. The van der Waals surface area contributed by atoms with Gasteiger partial charge in [-0.2, -0.15) is 4.98 Å². The zero-order chi connectivity index (χ0) is 14.8. The van der Waals surface area contributed by atoms with Gasteiger partial charge < -0.3 is 19.5 Å². The maximum absolute atomic E-state index is 11.7. The van der Waals surface area contributed by atoms with E-state index in [1.807, 2.05) is 20.8 Å². The van der Waals surface area contributed by atoms with Gasteiger partial charge in [-0.15, -0.1) is 0 Å². The fourth-order valence-corrected chi connectivity index (χ4v) is 1.91. The van der Waals surface area contributed by atoms with Crippen molar-refractivity contribution in [3.63, 3.8) is 0 Å². The Balaban J connectivity index is 1.61. The second-order valence-electron chi connectivity index (χ2n) is 6.02. The molecular formula is C13H22N4O3. The minimum atomic E-state index is -0.438. The molecular weight excluding hydrogens is 260 g/mol. The molecule has 0 unspecified atom stereocenters. The average molecular weight is 282 g/mol. The summed E-state index contributed by atoms with van der Waals surface area (Å²) < 4.78 is 10.2. The molecule has 0 aliphatic carbocycles. The summed E-state index contributed by atoms with van der Waals surface area (Å²) in [5.74, 6) is 1.29. The Morgan fingerprint density at radius 1 is 1.50 bits per heavy atom. The predicted octanol–water partition coefficient (Wildman–Crippen LogP) is 1.13. The van der Waals surface area contributed by atoms with Crippen LogP contribution < -0.4 is 5.32 Å². The van der Waals surface area contributed by atoms with E-state index in [0.717, 1.165) is 13.0 Å². The Morgan fingerprint density at radius 2 is 2.20 bits per heavy atom. The van der Waals surface area contributed by atoms with Gasteiger partial charge in [0.25, 0.3) is 0 Å². The number of aryl methyl sites for hydroxylation is 1. The van der Waals surface area contributed by atoms with Crippen LogP contribution in [0, 0.1) is 6.92 Å². The summed E-state index contributed by atoms with van der Waals surface area (Å²) in [5.41, 5.74) is -0.438. The summed E-state index contributed by atoms with van der Waals surface area (Å²) in [6, 6.07) is 0.315. The van der Waals surface area contributed by atoms with Gasteiger partial charge in [-0.25, -0.2) is 4.79 Å². The van der Waals surface area contributed by atoms with Crippen molar-refractivity contribution in [1.29, 1.82) is 0 Å². The van der Waals surface area contributed by atoms with E-state index >= 15 is 0 Å². The summed E-state index contributed by atoms with van der Waals surface area (Å²) in [5, 5.41) is 7.18. The first-order valence-electron chi connectivity index (χ1n) is 6.84. The Kier molecular flexibility index (Phi) is 4.27. The number of rotatable bonds is 4. The number of hydrogen-bond donors (Lipinski definition) is 1. The van der Waals surface area contributed by atoms with E-state index in [4.69, 9.17) is 9.26 Å². The Hall–Kier alpha value is -1.63. The van der Waals surface area contributed by atoms with Crippen LogP contribution in [0.2, 0.25) is 0 Å². The quantitative estimate of drug-likeness (QED) is 0.891. The summed E-state index contributed by atoms with van der Waals surface area (Å²) in [4.78, 5) is 17.6. The van der Waals surface area contributed by atoms with E-state index in [-0.39, 0.29) is 6.09 Å². The van der Waals surface area contributed by atoms with Gasteiger partial charge in [0.2, 0.25) is 5.89 Å². The van der Waals surface area contributed by atoms with Crippen molar-refractivity contribution >= 4 is 6.09 Å². The maximum atomic E-state index is 11.7. The molecule has 1 N–H and O–H groups in total. The fourth-order valence-electron chi connectivity index (χ4n) is 1.91. The highest BCUT2D eigenvalue weighted by atomic mass is 16.6. The lowest BCUT2D eigenvalue weighted by atomic mass is 10.1. The third kappa shape index (κ3) is 4.19. The first-order valence-corrected chi connectivity index (χ1v) is 6.84. The number of likely N-dealkylation sites (tertiary alicyclic amines) is 1.